The summed E-state index contributed by atoms with van der Waals surface area (Å²) in [5.74, 6) is 0.445. The fraction of sp³-hybridized carbons (Fsp3) is 0.250. The lowest BCUT2D eigenvalue weighted by molar-refractivity contribution is 0.609. The highest BCUT2D eigenvalue weighted by molar-refractivity contribution is 6.46. The Bertz CT molecular complexity index is 235. The third-order valence-corrected chi connectivity index (χ3v) is 1.01. The molecule has 1 aromatic rings. The Balaban J connectivity index is 3.02. The van der Waals surface area contributed by atoms with Gasteiger partial charge in [-0.25, -0.2) is 15.0 Å². The Kier molecular flexibility index (Phi) is 2.56. The predicted molar refractivity (Wildman–Crippen MR) is 39.8 cm³/mol. The molecule has 2 N–H and O–H groups in total. The predicted octanol–water partition coefficient (Wildman–Crippen LogP) is -3.35. The summed E-state index contributed by atoms with van der Waals surface area (Å²) in [6.45, 7) is 1.64. The average Bonchev–Trinajstić information content (AvgIpc) is 2.03. The Morgan fingerprint density at radius 3 is 1.82 bits per heavy atom. The van der Waals surface area contributed by atoms with E-state index in [-0.39, 0.29) is 11.4 Å². The molecule has 0 fully saturated rings. The molecule has 0 spiro atoms. The highest BCUT2D eigenvalue weighted by atomic mass is 16.2. The summed E-state index contributed by atoms with van der Waals surface area (Å²) in [6.07, 6.45) is 0. The van der Waals surface area contributed by atoms with Crippen LogP contribution in [-0.2, 0) is 0 Å². The largest absolute Gasteiger partial charge is 0.447 e. The molecule has 0 aliphatic carbocycles. The van der Waals surface area contributed by atoms with Gasteiger partial charge in [0.15, 0.2) is 0 Å². The minimum atomic E-state index is 0.137. The second-order valence-corrected chi connectivity index (χ2v) is 1.86. The number of hydrogen-bond donors (Lipinski definition) is 2. The van der Waals surface area contributed by atoms with Crippen molar-refractivity contribution < 1.29 is 10.0 Å². The molecule has 0 amide bonds. The fourth-order valence-corrected chi connectivity index (χ4v) is 0.639. The lowest BCUT2D eigenvalue weighted by Crippen LogP contribution is -2.35. The van der Waals surface area contributed by atoms with Crippen molar-refractivity contribution in [3.05, 3.63) is 5.82 Å². The van der Waals surface area contributed by atoms with Crippen molar-refractivity contribution in [2.24, 2.45) is 0 Å². The molecule has 0 saturated heterocycles. The van der Waals surface area contributed by atoms with E-state index in [0.717, 1.165) is 15.0 Å². The van der Waals surface area contributed by atoms with E-state index in [1.165, 1.54) is 0 Å². The van der Waals surface area contributed by atoms with Crippen LogP contribution in [0.1, 0.15) is 5.82 Å². The summed E-state index contributed by atoms with van der Waals surface area (Å²) in [5.41, 5.74) is 0.274. The standard InChI is InChI=1S/C4H5B2N3O2/c1-2-7-3(5-10)9-4(6-11)8-2/h10-11H,1H3. The maximum absolute atomic E-state index is 8.51. The van der Waals surface area contributed by atoms with E-state index in [1.54, 1.807) is 6.92 Å². The molecule has 0 aliphatic heterocycles. The molecule has 0 aliphatic rings. The van der Waals surface area contributed by atoms with E-state index >= 15 is 0 Å². The number of hydrogen-bond acceptors (Lipinski definition) is 5. The first-order valence-corrected chi connectivity index (χ1v) is 2.94. The molecule has 0 unspecified atom stereocenters. The van der Waals surface area contributed by atoms with Crippen LogP contribution in [0, 0.1) is 6.92 Å². The smallest absolute Gasteiger partial charge is 0.375 e. The van der Waals surface area contributed by atoms with Gasteiger partial charge in [0.05, 0.1) is 0 Å². The van der Waals surface area contributed by atoms with Crippen molar-refractivity contribution in [3.8, 4) is 0 Å². The molecule has 0 aromatic carbocycles. The quantitative estimate of drug-likeness (QED) is 0.429. The first-order chi connectivity index (χ1) is 5.26. The first kappa shape index (κ1) is 8.16. The molecule has 0 saturated carbocycles. The van der Waals surface area contributed by atoms with Crippen LogP contribution >= 0.6 is 0 Å². The Morgan fingerprint density at radius 1 is 1.00 bits per heavy atom. The Labute approximate surface area is 65.1 Å². The van der Waals surface area contributed by atoms with E-state index in [2.05, 4.69) is 15.0 Å². The molecule has 7 heteroatoms. The summed E-state index contributed by atoms with van der Waals surface area (Å²) < 4.78 is 0. The summed E-state index contributed by atoms with van der Waals surface area (Å²) in [4.78, 5) is 11.1. The van der Waals surface area contributed by atoms with Crippen molar-refractivity contribution in [2.75, 3.05) is 0 Å². The van der Waals surface area contributed by atoms with Crippen LogP contribution in [0.25, 0.3) is 0 Å². The van der Waals surface area contributed by atoms with Crippen LogP contribution < -0.4 is 11.4 Å². The molecule has 0 atom stereocenters. The third-order valence-electron chi connectivity index (χ3n) is 1.01. The highest BCUT2D eigenvalue weighted by Crippen LogP contribution is 1.73. The summed E-state index contributed by atoms with van der Waals surface area (Å²) in [7, 11) is 1.50. The Hall–Kier alpha value is -0.940. The molecular formula is C4H5B2N3O2. The lowest BCUT2D eigenvalue weighted by Gasteiger charge is -1.97. The summed E-state index contributed by atoms with van der Waals surface area (Å²) >= 11 is 0. The van der Waals surface area contributed by atoms with Crippen molar-refractivity contribution in [1.82, 2.24) is 15.0 Å². The van der Waals surface area contributed by atoms with Crippen LogP contribution in [0.3, 0.4) is 0 Å². The van der Waals surface area contributed by atoms with Gasteiger partial charge in [-0.3, -0.25) is 0 Å². The van der Waals surface area contributed by atoms with Crippen LogP contribution in [0.4, 0.5) is 0 Å². The minimum Gasteiger partial charge on any atom is -0.447 e. The van der Waals surface area contributed by atoms with Crippen LogP contribution in [0.15, 0.2) is 0 Å². The van der Waals surface area contributed by atoms with Gasteiger partial charge >= 0.3 is 15.0 Å². The fourth-order valence-electron chi connectivity index (χ4n) is 0.639. The molecular weight excluding hydrogens is 144 g/mol. The highest BCUT2D eigenvalue weighted by Gasteiger charge is 2.03. The van der Waals surface area contributed by atoms with E-state index in [1.807, 2.05) is 0 Å². The molecule has 1 aromatic heterocycles. The molecule has 5 nitrogen and oxygen atoms in total. The van der Waals surface area contributed by atoms with Gasteiger partial charge < -0.3 is 10.0 Å². The normalized spacial score (nSPS) is 9.36. The summed E-state index contributed by atoms with van der Waals surface area (Å²) in [6, 6.07) is 0. The average molecular weight is 149 g/mol. The van der Waals surface area contributed by atoms with Crippen LogP contribution in [0.2, 0.25) is 0 Å². The third kappa shape index (κ3) is 1.99. The van der Waals surface area contributed by atoms with Gasteiger partial charge in [0.1, 0.15) is 17.3 Å². The minimum absolute atomic E-state index is 0.137. The zero-order valence-electron chi connectivity index (χ0n) is 5.89. The van der Waals surface area contributed by atoms with Crippen molar-refractivity contribution in [3.63, 3.8) is 0 Å². The van der Waals surface area contributed by atoms with Gasteiger partial charge in [0, 0.05) is 0 Å². The Morgan fingerprint density at radius 2 is 1.45 bits per heavy atom. The maximum Gasteiger partial charge on any atom is 0.375 e. The van der Waals surface area contributed by atoms with Gasteiger partial charge in [0.2, 0.25) is 0 Å². The zero-order chi connectivity index (χ0) is 8.27. The molecule has 1 rings (SSSR count). The lowest BCUT2D eigenvalue weighted by atomic mass is 9.98. The number of nitrogens with zero attached hydrogens (tertiary/aromatic N) is 3. The second-order valence-electron chi connectivity index (χ2n) is 1.86. The van der Waals surface area contributed by atoms with Crippen molar-refractivity contribution >= 4 is 26.4 Å². The SMILES string of the molecule is Cc1nc([B]O)nc([B]O)n1. The van der Waals surface area contributed by atoms with Gasteiger partial charge in [0.25, 0.3) is 0 Å². The van der Waals surface area contributed by atoms with E-state index in [0.29, 0.717) is 5.82 Å². The number of rotatable bonds is 2. The van der Waals surface area contributed by atoms with E-state index in [4.69, 9.17) is 10.0 Å². The molecule has 1 heterocycles. The monoisotopic (exact) mass is 149 g/mol. The van der Waals surface area contributed by atoms with Gasteiger partial charge in [-0.15, -0.1) is 0 Å². The van der Waals surface area contributed by atoms with Gasteiger partial charge in [-0.05, 0) is 6.92 Å². The molecule has 0 bridgehead atoms. The number of aryl methyl sites for hydroxylation is 1. The molecule has 54 valence electrons. The second kappa shape index (κ2) is 3.45. The number of aromatic nitrogens is 3. The van der Waals surface area contributed by atoms with Crippen molar-refractivity contribution in [2.45, 2.75) is 6.92 Å². The molecule has 11 heavy (non-hydrogen) atoms. The molecule has 2 radical (unpaired) electrons. The van der Waals surface area contributed by atoms with Crippen LogP contribution in [-0.4, -0.2) is 40.0 Å². The van der Waals surface area contributed by atoms with Crippen molar-refractivity contribution in [1.29, 1.82) is 0 Å². The summed E-state index contributed by atoms with van der Waals surface area (Å²) in [5, 5.41) is 17.0. The van der Waals surface area contributed by atoms with E-state index in [9.17, 15) is 0 Å². The first-order valence-electron chi connectivity index (χ1n) is 2.94. The maximum atomic E-state index is 8.51. The van der Waals surface area contributed by atoms with E-state index < -0.39 is 0 Å². The van der Waals surface area contributed by atoms with Gasteiger partial charge in [-0.2, -0.15) is 0 Å². The zero-order valence-corrected chi connectivity index (χ0v) is 5.89. The van der Waals surface area contributed by atoms with Gasteiger partial charge in [-0.1, -0.05) is 0 Å². The van der Waals surface area contributed by atoms with Crippen LogP contribution in [0.5, 0.6) is 0 Å². The topological polar surface area (TPSA) is 79.1 Å².